The molecule has 1 aromatic rings. The molecule has 3 amide bonds. The summed E-state index contributed by atoms with van der Waals surface area (Å²) in [4.78, 5) is 55.9. The summed E-state index contributed by atoms with van der Waals surface area (Å²) in [6.45, 7) is 10.4. The first-order valence-corrected chi connectivity index (χ1v) is 15.0. The number of rotatable bonds is 2. The van der Waals surface area contributed by atoms with Crippen LogP contribution in [0.5, 0.6) is 11.5 Å². The fourth-order valence-corrected chi connectivity index (χ4v) is 5.67. The number of methoxy groups -OCH3 is 2. The van der Waals surface area contributed by atoms with E-state index in [9.17, 15) is 19.2 Å². The van der Waals surface area contributed by atoms with Crippen molar-refractivity contribution in [3.8, 4) is 11.5 Å². The highest BCUT2D eigenvalue weighted by atomic mass is 16.6. The highest BCUT2D eigenvalue weighted by molar-refractivity contribution is 5.91. The fraction of sp³-hybridized carbons (Fsp3) is 0.625. The number of fused-ring (bicyclic) bond motifs is 3. The molecule has 12 heteroatoms. The molecule has 0 spiro atoms. The van der Waals surface area contributed by atoms with Gasteiger partial charge in [-0.3, -0.25) is 9.69 Å². The molecule has 1 aromatic carbocycles. The Kier molecular flexibility index (Phi) is 10.00. The molecule has 3 atom stereocenters. The van der Waals surface area contributed by atoms with Gasteiger partial charge in [0.2, 0.25) is 5.91 Å². The van der Waals surface area contributed by atoms with Gasteiger partial charge >= 0.3 is 18.2 Å². The van der Waals surface area contributed by atoms with Crippen LogP contribution >= 0.6 is 0 Å². The molecule has 0 aromatic heterocycles. The lowest BCUT2D eigenvalue weighted by Gasteiger charge is -2.35. The lowest BCUT2D eigenvalue weighted by molar-refractivity contribution is -0.152. The van der Waals surface area contributed by atoms with Crippen LogP contribution in [-0.2, 0) is 36.9 Å². The first kappa shape index (κ1) is 32.9. The summed E-state index contributed by atoms with van der Waals surface area (Å²) in [6, 6.07) is 1.72. The molecule has 12 nitrogen and oxygen atoms in total. The number of hydrogen-bond acceptors (Lipinski definition) is 9. The van der Waals surface area contributed by atoms with Crippen LogP contribution in [0, 0.1) is 10.8 Å². The van der Waals surface area contributed by atoms with Crippen LogP contribution < -0.4 is 14.8 Å². The van der Waals surface area contributed by atoms with Gasteiger partial charge in [0.1, 0.15) is 24.8 Å². The molecular weight excluding hydrogens is 570 g/mol. The number of nitrogens with one attached hydrogen (secondary N) is 1. The van der Waals surface area contributed by atoms with Crippen LogP contribution in [0.3, 0.4) is 0 Å². The van der Waals surface area contributed by atoms with Crippen molar-refractivity contribution in [3.63, 3.8) is 0 Å². The SMILES string of the molecule is COC(=O)C1C[C@@H]2CN1C(=O)[C@H](C(C)(C)C)NC(=O)OCC(C)(C)CCC=CCOc1c(OC)ccc3c1CN(C3)C(=O)O2. The molecule has 0 aliphatic carbocycles. The third-order valence-corrected chi connectivity index (χ3v) is 8.24. The van der Waals surface area contributed by atoms with Crippen LogP contribution in [0.1, 0.15) is 65.0 Å². The number of ether oxygens (including phenoxy) is 5. The van der Waals surface area contributed by atoms with Gasteiger partial charge in [-0.1, -0.05) is 52.8 Å². The molecule has 1 N–H and O–H groups in total. The highest BCUT2D eigenvalue weighted by Crippen LogP contribution is 2.39. The number of allylic oxidation sites excluding steroid dienone is 1. The Morgan fingerprint density at radius 3 is 2.50 bits per heavy atom. The Morgan fingerprint density at radius 1 is 1.07 bits per heavy atom. The van der Waals surface area contributed by atoms with Gasteiger partial charge in [-0.05, 0) is 35.3 Å². The average Bonchev–Trinajstić information content (AvgIpc) is 3.59. The lowest BCUT2D eigenvalue weighted by atomic mass is 9.85. The minimum atomic E-state index is -1.01. The predicted octanol–water partition coefficient (Wildman–Crippen LogP) is 4.19. The van der Waals surface area contributed by atoms with Crippen molar-refractivity contribution in [2.24, 2.45) is 10.8 Å². The Morgan fingerprint density at radius 2 is 1.82 bits per heavy atom. The maximum absolute atomic E-state index is 13.9. The molecule has 1 unspecified atom stereocenters. The number of hydrogen-bond donors (Lipinski definition) is 1. The summed E-state index contributed by atoms with van der Waals surface area (Å²) in [7, 11) is 2.81. The number of esters is 1. The molecule has 4 bridgehead atoms. The molecule has 3 aliphatic heterocycles. The van der Waals surface area contributed by atoms with Gasteiger partial charge in [0.15, 0.2) is 11.5 Å². The summed E-state index contributed by atoms with van der Waals surface area (Å²) in [5.74, 6) is 0.0222. The van der Waals surface area contributed by atoms with Gasteiger partial charge in [0.05, 0.1) is 33.9 Å². The van der Waals surface area contributed by atoms with E-state index in [2.05, 4.69) is 5.32 Å². The van der Waals surface area contributed by atoms with Crippen molar-refractivity contribution >= 4 is 24.1 Å². The Labute approximate surface area is 258 Å². The van der Waals surface area contributed by atoms with Gasteiger partial charge < -0.3 is 33.9 Å². The Balaban J connectivity index is 1.63. The van der Waals surface area contributed by atoms with Crippen molar-refractivity contribution in [1.29, 1.82) is 0 Å². The van der Waals surface area contributed by atoms with Crippen molar-refractivity contribution in [3.05, 3.63) is 35.4 Å². The van der Waals surface area contributed by atoms with E-state index in [1.807, 2.05) is 58.9 Å². The topological polar surface area (TPSA) is 133 Å². The number of cyclic esters (lactones) is 1. The fourth-order valence-electron chi connectivity index (χ4n) is 5.67. The molecule has 44 heavy (non-hydrogen) atoms. The van der Waals surface area contributed by atoms with E-state index in [-0.39, 0.29) is 31.5 Å². The van der Waals surface area contributed by atoms with Crippen molar-refractivity contribution in [2.45, 2.75) is 85.2 Å². The minimum Gasteiger partial charge on any atom is -0.493 e. The van der Waals surface area contributed by atoms with E-state index in [4.69, 9.17) is 23.7 Å². The molecule has 3 aliphatic rings. The van der Waals surface area contributed by atoms with Gasteiger partial charge in [-0.2, -0.15) is 0 Å². The number of amides is 3. The van der Waals surface area contributed by atoms with E-state index in [1.165, 1.54) is 12.0 Å². The summed E-state index contributed by atoms with van der Waals surface area (Å²) in [5, 5.41) is 2.73. The van der Waals surface area contributed by atoms with Crippen molar-refractivity contribution in [2.75, 3.05) is 34.0 Å². The van der Waals surface area contributed by atoms with Gasteiger partial charge in [-0.15, -0.1) is 0 Å². The third-order valence-electron chi connectivity index (χ3n) is 8.24. The van der Waals surface area contributed by atoms with Gasteiger partial charge in [0, 0.05) is 18.5 Å². The van der Waals surface area contributed by atoms with E-state index in [0.717, 1.165) is 24.0 Å². The van der Waals surface area contributed by atoms with E-state index in [1.54, 1.807) is 12.0 Å². The number of benzene rings is 1. The number of carbonyl (C=O) groups excluding carboxylic acids is 4. The van der Waals surface area contributed by atoms with Gasteiger partial charge in [-0.25, -0.2) is 14.4 Å². The smallest absolute Gasteiger partial charge is 0.410 e. The van der Waals surface area contributed by atoms with Crippen LogP contribution in [-0.4, -0.2) is 86.0 Å². The quantitative estimate of drug-likeness (QED) is 0.295. The molecule has 0 radical (unpaired) electrons. The highest BCUT2D eigenvalue weighted by Gasteiger charge is 2.47. The first-order chi connectivity index (χ1) is 20.7. The second kappa shape index (κ2) is 13.4. The summed E-state index contributed by atoms with van der Waals surface area (Å²) >= 11 is 0. The molecule has 1 fully saturated rings. The second-order valence-corrected chi connectivity index (χ2v) is 13.4. The molecule has 4 rings (SSSR count). The summed E-state index contributed by atoms with van der Waals surface area (Å²) in [6.07, 6.45) is 3.43. The Bertz CT molecular complexity index is 1290. The maximum atomic E-state index is 13.9. The van der Waals surface area contributed by atoms with E-state index in [0.29, 0.717) is 24.7 Å². The van der Waals surface area contributed by atoms with E-state index >= 15 is 0 Å². The number of carbonyl (C=O) groups is 4. The van der Waals surface area contributed by atoms with E-state index < -0.39 is 47.7 Å². The first-order valence-electron chi connectivity index (χ1n) is 15.0. The molecule has 242 valence electrons. The molecule has 1 saturated heterocycles. The van der Waals surface area contributed by atoms with Crippen LogP contribution in [0.15, 0.2) is 24.3 Å². The second-order valence-electron chi connectivity index (χ2n) is 13.4. The van der Waals surface area contributed by atoms with Crippen LogP contribution in [0.4, 0.5) is 9.59 Å². The van der Waals surface area contributed by atoms with Crippen molar-refractivity contribution < 1.29 is 42.9 Å². The van der Waals surface area contributed by atoms with Crippen molar-refractivity contribution in [1.82, 2.24) is 15.1 Å². The normalized spacial score (nSPS) is 24.7. The van der Waals surface area contributed by atoms with Crippen LogP contribution in [0.2, 0.25) is 0 Å². The standard InChI is InChI=1S/C32H45N3O9/c1-31(2,3)26-27(36)35-17-21(15-23(35)28(37)41-7)44-30(39)34-16-20-11-12-24(40-6)25(22(20)18-34)42-14-10-8-9-13-32(4,5)19-43-29(38)33-26/h8,10-12,21,23,26H,9,13-19H2,1-7H3,(H,33,38)/t21-,23?,26-/m1/s1. The third kappa shape index (κ3) is 7.57. The number of alkyl carbamates (subject to hydrolysis) is 1. The van der Waals surface area contributed by atoms with Gasteiger partial charge in [0.25, 0.3) is 0 Å². The van der Waals surface area contributed by atoms with Crippen LogP contribution in [0.25, 0.3) is 0 Å². The monoisotopic (exact) mass is 615 g/mol. The summed E-state index contributed by atoms with van der Waals surface area (Å²) < 4.78 is 28.1. The summed E-state index contributed by atoms with van der Waals surface area (Å²) in [5.41, 5.74) is 0.716. The zero-order valence-electron chi connectivity index (χ0n) is 26.8. The largest absolute Gasteiger partial charge is 0.493 e. The average molecular weight is 616 g/mol. The zero-order chi connectivity index (χ0) is 32.2. The zero-order valence-corrected chi connectivity index (χ0v) is 26.8. The molecule has 3 heterocycles. The lowest BCUT2D eigenvalue weighted by Crippen LogP contribution is -2.57. The molecular formula is C32H45N3O9. The molecule has 0 saturated carbocycles. The predicted molar refractivity (Wildman–Crippen MR) is 160 cm³/mol. The Hall–Kier alpha value is -3.96. The number of nitrogens with zero attached hydrogens (tertiary/aromatic N) is 2. The maximum Gasteiger partial charge on any atom is 0.410 e. The minimum absolute atomic E-state index is 0.0318.